The Morgan fingerprint density at radius 1 is 0.833 bits per heavy atom. The van der Waals surface area contributed by atoms with Crippen molar-refractivity contribution in [2.75, 3.05) is 28.4 Å². The molecule has 0 aromatic heterocycles. The van der Waals surface area contributed by atoms with Gasteiger partial charge < -0.3 is 0 Å². The third-order valence-corrected chi connectivity index (χ3v) is 4.56. The van der Waals surface area contributed by atoms with E-state index in [9.17, 15) is 3.32 Å². The van der Waals surface area contributed by atoms with Crippen molar-refractivity contribution in [2.45, 2.75) is 0 Å². The summed E-state index contributed by atoms with van der Waals surface area (Å²) in [6.45, 7) is 0. The van der Waals surface area contributed by atoms with Gasteiger partial charge in [0.25, 0.3) is 0 Å². The van der Waals surface area contributed by atoms with Crippen LogP contribution in [0.1, 0.15) is 0 Å². The van der Waals surface area contributed by atoms with Crippen molar-refractivity contribution in [1.82, 2.24) is 0 Å². The van der Waals surface area contributed by atoms with Crippen LogP contribution in [0, 0.1) is 0 Å². The Bertz CT molecular complexity index is 170. The topological polar surface area (TPSA) is 72.5 Å². The van der Waals surface area contributed by atoms with E-state index in [1.54, 1.807) is 0 Å². The standard InChI is InChI=1S/2CH4O2.2CH3O.O.Ti/c2*1-3-2;2*1-2;;/h2*2H,1H3;2*1H3;;/q;;2*-1;;+4/p-2. The molecule has 0 saturated carbocycles. The van der Waals surface area contributed by atoms with Crippen LogP contribution in [0.5, 0.6) is 0 Å². The van der Waals surface area contributed by atoms with E-state index in [4.69, 9.17) is 0 Å². The second kappa shape index (κ2) is 4.49. The molecule has 0 aromatic rings. The predicted molar refractivity (Wildman–Crippen MR) is 30.9 cm³/mol. The molecule has 0 N–H and O–H groups in total. The number of hydrogen-bond acceptors (Lipinski definition) is 7. The van der Waals surface area contributed by atoms with Crippen LogP contribution in [0.2, 0.25) is 0 Å². The van der Waals surface area contributed by atoms with Crippen LogP contribution in [-0.2, 0) is 43.5 Å². The molecule has 0 aromatic carbocycles. The molecule has 0 unspecified atom stereocenters. The molecule has 0 aliphatic carbocycles. The van der Waals surface area contributed by atoms with E-state index in [1.807, 2.05) is 0 Å². The summed E-state index contributed by atoms with van der Waals surface area (Å²) in [6.07, 6.45) is 0. The van der Waals surface area contributed by atoms with Gasteiger partial charge in [-0.1, -0.05) is 0 Å². The van der Waals surface area contributed by atoms with Gasteiger partial charge in [0.05, 0.1) is 0 Å². The van der Waals surface area contributed by atoms with Crippen LogP contribution in [0.4, 0.5) is 0 Å². The van der Waals surface area contributed by atoms with Gasteiger partial charge in [-0.2, -0.15) is 0 Å². The van der Waals surface area contributed by atoms with Crippen molar-refractivity contribution >= 4 is 0 Å². The predicted octanol–water partition coefficient (Wildman–Crippen LogP) is 0.130. The number of rotatable bonds is 6. The zero-order valence-electron chi connectivity index (χ0n) is 7.36. The molecule has 0 aliphatic rings. The van der Waals surface area contributed by atoms with E-state index in [0.717, 1.165) is 28.4 Å². The monoisotopic (exact) mass is 220 g/mol. The van der Waals surface area contributed by atoms with Gasteiger partial charge in [0.1, 0.15) is 0 Å². The molecule has 0 amide bonds. The van der Waals surface area contributed by atoms with Crippen molar-refractivity contribution < 1.29 is 43.5 Å². The Morgan fingerprint density at radius 2 is 1.17 bits per heavy atom. The van der Waals surface area contributed by atoms with Crippen LogP contribution in [0.25, 0.3) is 0 Å². The van der Waals surface area contributed by atoms with Gasteiger partial charge in [-0.3, -0.25) is 0 Å². The summed E-state index contributed by atoms with van der Waals surface area (Å²) < 4.78 is 29.2. The molecule has 0 radical (unpaired) electrons. The molecule has 0 atom stereocenters. The average Bonchev–Trinajstić information content (AvgIpc) is 2.06. The maximum absolute atomic E-state index is 11.7. The van der Waals surface area contributed by atoms with Gasteiger partial charge in [-0.15, -0.1) is 0 Å². The zero-order valence-corrected chi connectivity index (χ0v) is 8.92. The van der Waals surface area contributed by atoms with Crippen molar-refractivity contribution in [3.63, 3.8) is 0 Å². The summed E-state index contributed by atoms with van der Waals surface area (Å²) >= 11 is -5.59. The molecule has 0 rings (SSSR count). The molecule has 0 bridgehead atoms. The van der Waals surface area contributed by atoms with E-state index in [1.165, 1.54) is 0 Å². The van der Waals surface area contributed by atoms with Crippen molar-refractivity contribution in [3.05, 3.63) is 0 Å². The zero-order chi connectivity index (χ0) is 9.69. The first kappa shape index (κ1) is 12.3. The van der Waals surface area contributed by atoms with E-state index in [2.05, 4.69) is 23.4 Å². The SMILES string of the molecule is CO[O][Ti](=[O])([O]C)([O]C)[O]OC. The first-order valence-electron chi connectivity index (χ1n) is 2.99. The summed E-state index contributed by atoms with van der Waals surface area (Å²) in [7, 11) is 4.45. The van der Waals surface area contributed by atoms with Crippen molar-refractivity contribution in [3.8, 4) is 0 Å². The van der Waals surface area contributed by atoms with Gasteiger partial charge in [0.2, 0.25) is 0 Å². The van der Waals surface area contributed by atoms with Gasteiger partial charge in [0.15, 0.2) is 0 Å². The van der Waals surface area contributed by atoms with Crippen LogP contribution < -0.4 is 0 Å². The Balaban J connectivity index is 4.63. The normalized spacial score (nSPS) is 13.4. The Morgan fingerprint density at radius 3 is 1.33 bits per heavy atom. The Labute approximate surface area is 72.4 Å². The fraction of sp³-hybridized carbons (Fsp3) is 1.00. The first-order valence-corrected chi connectivity index (χ1v) is 6.17. The summed E-state index contributed by atoms with van der Waals surface area (Å²) in [6, 6.07) is 0. The minimum absolute atomic E-state index is 1.09. The fourth-order valence-electron chi connectivity index (χ4n) is 0.505. The third kappa shape index (κ3) is 2.65. The van der Waals surface area contributed by atoms with Gasteiger partial charge in [0, 0.05) is 0 Å². The molecule has 74 valence electrons. The van der Waals surface area contributed by atoms with E-state index in [0.29, 0.717) is 0 Å². The minimum atomic E-state index is -5.59. The van der Waals surface area contributed by atoms with Crippen LogP contribution in [0.3, 0.4) is 0 Å². The summed E-state index contributed by atoms with van der Waals surface area (Å²) in [5.74, 6) is 0. The van der Waals surface area contributed by atoms with Gasteiger partial charge >= 0.3 is 71.9 Å². The molecule has 0 fully saturated rings. The van der Waals surface area contributed by atoms with E-state index in [-0.39, 0.29) is 0 Å². The third-order valence-electron chi connectivity index (χ3n) is 1.11. The van der Waals surface area contributed by atoms with Crippen LogP contribution in [0.15, 0.2) is 0 Å². The summed E-state index contributed by atoms with van der Waals surface area (Å²) in [5.41, 5.74) is 0. The van der Waals surface area contributed by atoms with E-state index < -0.39 is 16.8 Å². The molecule has 7 nitrogen and oxygen atoms in total. The Kier molecular flexibility index (Phi) is 4.60. The molecular weight excluding hydrogens is 208 g/mol. The fourth-order valence-corrected chi connectivity index (χ4v) is 2.08. The molecular formula is C4H12O7Ti. The molecule has 0 heterocycles. The first-order chi connectivity index (χ1) is 5.54. The molecule has 12 heavy (non-hydrogen) atoms. The second-order valence-electron chi connectivity index (χ2n) is 1.74. The van der Waals surface area contributed by atoms with Crippen LogP contribution >= 0.6 is 0 Å². The molecule has 8 heteroatoms. The van der Waals surface area contributed by atoms with Crippen molar-refractivity contribution in [2.24, 2.45) is 0 Å². The van der Waals surface area contributed by atoms with Gasteiger partial charge in [-0.05, 0) is 0 Å². The second-order valence-corrected chi connectivity index (χ2v) is 6.14. The summed E-state index contributed by atoms with van der Waals surface area (Å²) in [4.78, 5) is 8.32. The van der Waals surface area contributed by atoms with E-state index >= 15 is 0 Å². The molecule has 0 saturated heterocycles. The quantitative estimate of drug-likeness (QED) is 0.357. The molecule has 0 aliphatic heterocycles. The number of hydrogen-bond donors (Lipinski definition) is 0. The van der Waals surface area contributed by atoms with Crippen LogP contribution in [-0.4, -0.2) is 28.4 Å². The van der Waals surface area contributed by atoms with Gasteiger partial charge in [-0.25, -0.2) is 0 Å². The Hall–Kier alpha value is 0.274. The average molecular weight is 220 g/mol. The molecule has 0 spiro atoms. The summed E-state index contributed by atoms with van der Waals surface area (Å²) in [5, 5.41) is 0. The maximum atomic E-state index is 11.7. The van der Waals surface area contributed by atoms with Crippen molar-refractivity contribution in [1.29, 1.82) is 0 Å².